The molecule has 0 bridgehead atoms. The predicted molar refractivity (Wildman–Crippen MR) is 81.8 cm³/mol. The van der Waals surface area contributed by atoms with Crippen molar-refractivity contribution >= 4 is 5.91 Å². The van der Waals surface area contributed by atoms with Gasteiger partial charge in [0.05, 0.1) is 18.4 Å². The molecule has 0 aliphatic rings. The summed E-state index contributed by atoms with van der Waals surface area (Å²) in [5.41, 5.74) is 1.85. The van der Waals surface area contributed by atoms with Crippen LogP contribution >= 0.6 is 0 Å². The first-order chi connectivity index (χ1) is 10.1. The van der Waals surface area contributed by atoms with Gasteiger partial charge in [-0.05, 0) is 36.6 Å². The van der Waals surface area contributed by atoms with Crippen LogP contribution in [0.5, 0.6) is 5.75 Å². The standard InChI is InChI=1S/C17H21NO3/c1-12(2)14-4-6-15(7-5-14)21-11-9-18-17(19)16-8-10-20-13(16)3/h4-8,10,12H,9,11H2,1-3H3,(H,18,19). The molecular formula is C17H21NO3. The van der Waals surface area contributed by atoms with Crippen LogP contribution in [0.2, 0.25) is 0 Å². The number of carbonyl (C=O) groups is 1. The van der Waals surface area contributed by atoms with Crippen molar-refractivity contribution in [2.45, 2.75) is 26.7 Å². The lowest BCUT2D eigenvalue weighted by atomic mass is 10.0. The van der Waals surface area contributed by atoms with Crippen LogP contribution in [-0.4, -0.2) is 19.1 Å². The highest BCUT2D eigenvalue weighted by Crippen LogP contribution is 2.18. The third-order valence-electron chi connectivity index (χ3n) is 3.31. The van der Waals surface area contributed by atoms with Gasteiger partial charge in [0.15, 0.2) is 0 Å². The molecule has 0 aliphatic heterocycles. The molecule has 0 saturated carbocycles. The molecule has 2 aromatic rings. The molecule has 0 fully saturated rings. The fourth-order valence-corrected chi connectivity index (χ4v) is 2.00. The van der Waals surface area contributed by atoms with Crippen molar-refractivity contribution in [3.8, 4) is 5.75 Å². The lowest BCUT2D eigenvalue weighted by molar-refractivity contribution is 0.0945. The summed E-state index contributed by atoms with van der Waals surface area (Å²) in [6.07, 6.45) is 1.51. The third-order valence-corrected chi connectivity index (χ3v) is 3.31. The van der Waals surface area contributed by atoms with E-state index in [1.165, 1.54) is 11.8 Å². The second-order valence-electron chi connectivity index (χ2n) is 5.22. The number of furan rings is 1. The van der Waals surface area contributed by atoms with E-state index >= 15 is 0 Å². The van der Waals surface area contributed by atoms with Gasteiger partial charge in [-0.15, -0.1) is 0 Å². The Labute approximate surface area is 125 Å². The molecule has 0 atom stereocenters. The van der Waals surface area contributed by atoms with Crippen LogP contribution in [0.25, 0.3) is 0 Å². The van der Waals surface area contributed by atoms with Gasteiger partial charge in [-0.1, -0.05) is 26.0 Å². The SMILES string of the molecule is Cc1occc1C(=O)NCCOc1ccc(C(C)C)cc1. The summed E-state index contributed by atoms with van der Waals surface area (Å²) in [5.74, 6) is 1.81. The van der Waals surface area contributed by atoms with Gasteiger partial charge in [0.1, 0.15) is 18.1 Å². The molecule has 0 spiro atoms. The number of nitrogens with one attached hydrogen (secondary N) is 1. The topological polar surface area (TPSA) is 51.5 Å². The molecule has 1 heterocycles. The zero-order valence-electron chi connectivity index (χ0n) is 12.7. The number of aryl methyl sites for hydroxylation is 1. The number of benzene rings is 1. The summed E-state index contributed by atoms with van der Waals surface area (Å²) in [6.45, 7) is 6.97. The van der Waals surface area contributed by atoms with E-state index < -0.39 is 0 Å². The van der Waals surface area contributed by atoms with Crippen molar-refractivity contribution in [2.24, 2.45) is 0 Å². The molecule has 1 aromatic heterocycles. The van der Waals surface area contributed by atoms with E-state index in [0.717, 1.165) is 5.75 Å². The van der Waals surface area contributed by atoms with Gasteiger partial charge in [0, 0.05) is 0 Å². The zero-order valence-corrected chi connectivity index (χ0v) is 12.7. The summed E-state index contributed by atoms with van der Waals surface area (Å²) >= 11 is 0. The fourth-order valence-electron chi connectivity index (χ4n) is 2.00. The molecule has 4 nitrogen and oxygen atoms in total. The number of hydrogen-bond donors (Lipinski definition) is 1. The average Bonchev–Trinajstić information content (AvgIpc) is 2.90. The molecule has 0 radical (unpaired) electrons. The second kappa shape index (κ2) is 6.97. The van der Waals surface area contributed by atoms with Crippen molar-refractivity contribution in [1.82, 2.24) is 5.32 Å². The van der Waals surface area contributed by atoms with E-state index in [1.54, 1.807) is 13.0 Å². The molecule has 0 saturated heterocycles. The maximum atomic E-state index is 11.8. The maximum absolute atomic E-state index is 11.8. The Morgan fingerprint density at radius 3 is 2.52 bits per heavy atom. The molecule has 1 N–H and O–H groups in total. The van der Waals surface area contributed by atoms with E-state index in [-0.39, 0.29) is 5.91 Å². The first-order valence-corrected chi connectivity index (χ1v) is 7.13. The quantitative estimate of drug-likeness (QED) is 0.827. The summed E-state index contributed by atoms with van der Waals surface area (Å²) in [6, 6.07) is 9.70. The van der Waals surface area contributed by atoms with Crippen LogP contribution in [0.4, 0.5) is 0 Å². The summed E-state index contributed by atoms with van der Waals surface area (Å²) in [5, 5.41) is 2.80. The Kier molecular flexibility index (Phi) is 5.04. The Bertz CT molecular complexity index is 584. The van der Waals surface area contributed by atoms with Crippen LogP contribution in [-0.2, 0) is 0 Å². The van der Waals surface area contributed by atoms with Gasteiger partial charge >= 0.3 is 0 Å². The first kappa shape index (κ1) is 15.2. The van der Waals surface area contributed by atoms with Crippen molar-refractivity contribution in [3.05, 3.63) is 53.5 Å². The number of ether oxygens (including phenoxy) is 1. The molecule has 21 heavy (non-hydrogen) atoms. The largest absolute Gasteiger partial charge is 0.492 e. The minimum absolute atomic E-state index is 0.139. The Morgan fingerprint density at radius 1 is 1.24 bits per heavy atom. The minimum atomic E-state index is -0.139. The van der Waals surface area contributed by atoms with Crippen LogP contribution in [0.3, 0.4) is 0 Å². The van der Waals surface area contributed by atoms with Crippen LogP contribution in [0.15, 0.2) is 41.0 Å². The fraction of sp³-hybridized carbons (Fsp3) is 0.353. The lowest BCUT2D eigenvalue weighted by Gasteiger charge is -2.09. The van der Waals surface area contributed by atoms with E-state index in [9.17, 15) is 4.79 Å². The van der Waals surface area contributed by atoms with Crippen molar-refractivity contribution in [1.29, 1.82) is 0 Å². The van der Waals surface area contributed by atoms with Gasteiger partial charge in [-0.25, -0.2) is 0 Å². The minimum Gasteiger partial charge on any atom is -0.492 e. The monoisotopic (exact) mass is 287 g/mol. The van der Waals surface area contributed by atoms with Crippen LogP contribution < -0.4 is 10.1 Å². The molecule has 112 valence electrons. The van der Waals surface area contributed by atoms with Gasteiger partial charge < -0.3 is 14.5 Å². The highest BCUT2D eigenvalue weighted by Gasteiger charge is 2.10. The normalized spacial score (nSPS) is 10.7. The van der Waals surface area contributed by atoms with E-state index in [2.05, 4.69) is 31.3 Å². The van der Waals surface area contributed by atoms with Gasteiger partial charge in [-0.2, -0.15) is 0 Å². The molecule has 0 unspecified atom stereocenters. The number of carbonyl (C=O) groups excluding carboxylic acids is 1. The molecule has 2 rings (SSSR count). The molecular weight excluding hydrogens is 266 g/mol. The van der Waals surface area contributed by atoms with Crippen molar-refractivity contribution in [2.75, 3.05) is 13.2 Å². The molecule has 1 amide bonds. The smallest absolute Gasteiger partial charge is 0.254 e. The average molecular weight is 287 g/mol. The van der Waals surface area contributed by atoms with Crippen LogP contribution in [0.1, 0.15) is 41.4 Å². The summed E-state index contributed by atoms with van der Waals surface area (Å²) in [7, 11) is 0. The van der Waals surface area contributed by atoms with Crippen molar-refractivity contribution < 1.29 is 13.9 Å². The maximum Gasteiger partial charge on any atom is 0.254 e. The number of rotatable bonds is 6. The Hall–Kier alpha value is -2.23. The molecule has 4 heteroatoms. The molecule has 1 aromatic carbocycles. The number of hydrogen-bond acceptors (Lipinski definition) is 3. The second-order valence-corrected chi connectivity index (χ2v) is 5.22. The van der Waals surface area contributed by atoms with E-state index in [0.29, 0.717) is 30.4 Å². The van der Waals surface area contributed by atoms with Crippen LogP contribution in [0, 0.1) is 6.92 Å². The van der Waals surface area contributed by atoms with E-state index in [1.807, 2.05) is 12.1 Å². The summed E-state index contributed by atoms with van der Waals surface area (Å²) in [4.78, 5) is 11.8. The zero-order chi connectivity index (χ0) is 15.2. The van der Waals surface area contributed by atoms with Gasteiger partial charge in [0.25, 0.3) is 5.91 Å². The summed E-state index contributed by atoms with van der Waals surface area (Å²) < 4.78 is 10.7. The van der Waals surface area contributed by atoms with E-state index in [4.69, 9.17) is 9.15 Å². The third kappa shape index (κ3) is 4.12. The first-order valence-electron chi connectivity index (χ1n) is 7.13. The predicted octanol–water partition coefficient (Wildman–Crippen LogP) is 3.52. The van der Waals surface area contributed by atoms with Gasteiger partial charge in [0.2, 0.25) is 0 Å². The van der Waals surface area contributed by atoms with Gasteiger partial charge in [-0.3, -0.25) is 4.79 Å². The molecule has 0 aliphatic carbocycles. The Balaban J connectivity index is 1.75. The number of amides is 1. The highest BCUT2D eigenvalue weighted by molar-refractivity contribution is 5.94. The van der Waals surface area contributed by atoms with Crippen molar-refractivity contribution in [3.63, 3.8) is 0 Å². The Morgan fingerprint density at radius 2 is 1.95 bits per heavy atom. The highest BCUT2D eigenvalue weighted by atomic mass is 16.5. The lowest BCUT2D eigenvalue weighted by Crippen LogP contribution is -2.28.